The lowest BCUT2D eigenvalue weighted by atomic mass is 9.97. The third-order valence-electron chi connectivity index (χ3n) is 2.42. The lowest BCUT2D eigenvalue weighted by Gasteiger charge is -2.21. The summed E-state index contributed by atoms with van der Waals surface area (Å²) >= 11 is 0. The third-order valence-corrected chi connectivity index (χ3v) is 5.62. The number of carboxylic acid groups (broad SMARTS) is 2. The maximum Gasteiger partial charge on any atom is 0.320 e. The van der Waals surface area contributed by atoms with Gasteiger partial charge in [0.15, 0.2) is 0 Å². The van der Waals surface area contributed by atoms with Crippen LogP contribution >= 0.6 is 21.6 Å². The highest BCUT2D eigenvalue weighted by Crippen LogP contribution is 2.49. The van der Waals surface area contributed by atoms with Gasteiger partial charge in [-0.3, -0.25) is 9.59 Å². The molecule has 1 fully saturated rings. The van der Waals surface area contributed by atoms with E-state index >= 15 is 0 Å². The second-order valence-corrected chi connectivity index (χ2v) is 6.35. The van der Waals surface area contributed by atoms with Crippen molar-refractivity contribution < 1.29 is 19.8 Å². The van der Waals surface area contributed by atoms with E-state index in [9.17, 15) is 9.59 Å². The highest BCUT2D eigenvalue weighted by Gasteiger charge is 2.42. The molecule has 0 radical (unpaired) electrons. The summed E-state index contributed by atoms with van der Waals surface area (Å²) in [5, 5.41) is 17.6. The largest absolute Gasteiger partial charge is 0.481 e. The van der Waals surface area contributed by atoms with Crippen molar-refractivity contribution in [1.29, 1.82) is 0 Å². The maximum atomic E-state index is 11.1. The number of carbonyl (C=O) groups is 2. The normalized spacial score (nSPS) is 25.3. The fourth-order valence-corrected chi connectivity index (χ4v) is 4.75. The Labute approximate surface area is 96.2 Å². The van der Waals surface area contributed by atoms with E-state index in [1.807, 2.05) is 0 Å². The van der Waals surface area contributed by atoms with E-state index in [1.165, 1.54) is 10.8 Å². The summed E-state index contributed by atoms with van der Waals surface area (Å²) < 4.78 is -0.664. The standard InChI is InChI=1S/C9H14O4S2/c10-7(11)3-1-2-4-9(8(12)13)5-6-14-15-9/h1-6H2,(H,10,11)(H,12,13). The monoisotopic (exact) mass is 250 g/mol. The molecule has 1 atom stereocenters. The van der Waals surface area contributed by atoms with E-state index in [2.05, 4.69) is 0 Å². The molecule has 0 saturated carbocycles. The summed E-state index contributed by atoms with van der Waals surface area (Å²) in [4.78, 5) is 21.4. The van der Waals surface area contributed by atoms with Crippen LogP contribution in [0.3, 0.4) is 0 Å². The molecular formula is C9H14O4S2. The molecule has 0 aromatic carbocycles. The van der Waals surface area contributed by atoms with Gasteiger partial charge in [0.1, 0.15) is 4.75 Å². The van der Waals surface area contributed by atoms with Crippen molar-refractivity contribution in [1.82, 2.24) is 0 Å². The quantitative estimate of drug-likeness (QED) is 0.556. The van der Waals surface area contributed by atoms with Crippen LogP contribution in [0, 0.1) is 0 Å². The Balaban J connectivity index is 2.33. The summed E-state index contributed by atoms with van der Waals surface area (Å²) in [5.41, 5.74) is 0. The number of aliphatic carboxylic acids is 2. The highest BCUT2D eigenvalue weighted by molar-refractivity contribution is 8.77. The minimum atomic E-state index is -0.812. The summed E-state index contributed by atoms with van der Waals surface area (Å²) in [6, 6.07) is 0. The van der Waals surface area contributed by atoms with Crippen LogP contribution in [0.5, 0.6) is 0 Å². The van der Waals surface area contributed by atoms with Gasteiger partial charge in [-0.25, -0.2) is 0 Å². The minimum Gasteiger partial charge on any atom is -0.481 e. The van der Waals surface area contributed by atoms with Gasteiger partial charge in [-0.1, -0.05) is 28.0 Å². The third kappa shape index (κ3) is 3.61. The molecule has 1 aliphatic heterocycles. The van der Waals surface area contributed by atoms with Gasteiger partial charge >= 0.3 is 11.9 Å². The number of hydrogen-bond acceptors (Lipinski definition) is 4. The van der Waals surface area contributed by atoms with Crippen LogP contribution in [0.15, 0.2) is 0 Å². The van der Waals surface area contributed by atoms with E-state index in [0.717, 1.165) is 5.75 Å². The van der Waals surface area contributed by atoms with Crippen molar-refractivity contribution in [3.63, 3.8) is 0 Å². The van der Waals surface area contributed by atoms with Crippen molar-refractivity contribution in [3.8, 4) is 0 Å². The van der Waals surface area contributed by atoms with E-state index in [1.54, 1.807) is 10.8 Å². The predicted molar refractivity (Wildman–Crippen MR) is 61.1 cm³/mol. The summed E-state index contributed by atoms with van der Waals surface area (Å²) in [6.45, 7) is 0. The first-order valence-electron chi connectivity index (χ1n) is 4.83. The van der Waals surface area contributed by atoms with Gasteiger partial charge in [-0.05, 0) is 19.3 Å². The molecule has 0 aromatic heterocycles. The molecule has 1 aliphatic rings. The molecule has 0 spiro atoms. The zero-order valence-electron chi connectivity index (χ0n) is 8.27. The molecule has 1 rings (SSSR count). The number of rotatable bonds is 6. The molecule has 0 aromatic rings. The smallest absolute Gasteiger partial charge is 0.320 e. The molecule has 2 N–H and O–H groups in total. The van der Waals surface area contributed by atoms with Crippen molar-refractivity contribution in [2.45, 2.75) is 36.9 Å². The lowest BCUT2D eigenvalue weighted by Crippen LogP contribution is -2.32. The van der Waals surface area contributed by atoms with Gasteiger partial charge in [0.25, 0.3) is 0 Å². The number of carboxylic acids is 2. The van der Waals surface area contributed by atoms with Crippen LogP contribution in [0.4, 0.5) is 0 Å². The van der Waals surface area contributed by atoms with Crippen LogP contribution < -0.4 is 0 Å². The maximum absolute atomic E-state index is 11.1. The summed E-state index contributed by atoms with van der Waals surface area (Å²) in [6.07, 6.45) is 2.63. The summed E-state index contributed by atoms with van der Waals surface area (Å²) in [7, 11) is 3.02. The van der Waals surface area contributed by atoms with Gasteiger partial charge in [-0.15, -0.1) is 0 Å². The predicted octanol–water partition coefficient (Wildman–Crippen LogP) is 2.24. The Hall–Kier alpha value is -0.360. The zero-order valence-corrected chi connectivity index (χ0v) is 9.90. The topological polar surface area (TPSA) is 74.6 Å². The Bertz CT molecular complexity index is 248. The lowest BCUT2D eigenvalue weighted by molar-refractivity contribution is -0.140. The van der Waals surface area contributed by atoms with Crippen molar-refractivity contribution in [2.24, 2.45) is 0 Å². The number of hydrogen-bond donors (Lipinski definition) is 2. The van der Waals surface area contributed by atoms with Gasteiger partial charge in [-0.2, -0.15) is 0 Å². The number of unbranched alkanes of at least 4 members (excludes halogenated alkanes) is 1. The first-order valence-corrected chi connectivity index (χ1v) is 7.14. The van der Waals surface area contributed by atoms with Gasteiger partial charge in [0, 0.05) is 12.2 Å². The summed E-state index contributed by atoms with van der Waals surface area (Å²) in [5.74, 6) is -0.698. The van der Waals surface area contributed by atoms with E-state index in [-0.39, 0.29) is 6.42 Å². The molecule has 6 heteroatoms. The first kappa shape index (κ1) is 12.7. The van der Waals surface area contributed by atoms with Crippen molar-refractivity contribution in [3.05, 3.63) is 0 Å². The van der Waals surface area contributed by atoms with Crippen molar-refractivity contribution in [2.75, 3.05) is 5.75 Å². The molecule has 0 amide bonds. The van der Waals surface area contributed by atoms with Gasteiger partial charge in [0.2, 0.25) is 0 Å². The molecule has 15 heavy (non-hydrogen) atoms. The van der Waals surface area contributed by atoms with Crippen LogP contribution in [-0.4, -0.2) is 32.7 Å². The average Bonchev–Trinajstić information content (AvgIpc) is 2.62. The fourth-order valence-electron chi connectivity index (χ4n) is 1.51. The molecular weight excluding hydrogens is 236 g/mol. The second-order valence-electron chi connectivity index (χ2n) is 3.56. The molecule has 86 valence electrons. The van der Waals surface area contributed by atoms with Crippen LogP contribution in [-0.2, 0) is 9.59 Å². The van der Waals surface area contributed by atoms with Crippen LogP contribution in [0.25, 0.3) is 0 Å². The average molecular weight is 250 g/mol. The molecule has 0 bridgehead atoms. The SMILES string of the molecule is O=C(O)CCCCC1(C(=O)O)CCSS1. The Morgan fingerprint density at radius 1 is 1.27 bits per heavy atom. The van der Waals surface area contributed by atoms with Crippen LogP contribution in [0.2, 0.25) is 0 Å². The second kappa shape index (κ2) is 5.65. The van der Waals surface area contributed by atoms with E-state index in [4.69, 9.17) is 10.2 Å². The van der Waals surface area contributed by atoms with Crippen molar-refractivity contribution >= 4 is 33.5 Å². The molecule has 1 saturated heterocycles. The first-order chi connectivity index (χ1) is 7.07. The molecule has 4 nitrogen and oxygen atoms in total. The van der Waals surface area contributed by atoms with Gasteiger partial charge in [0.05, 0.1) is 0 Å². The molecule has 1 heterocycles. The Morgan fingerprint density at radius 2 is 2.00 bits per heavy atom. The fraction of sp³-hybridized carbons (Fsp3) is 0.778. The Morgan fingerprint density at radius 3 is 2.47 bits per heavy atom. The molecule has 1 unspecified atom stereocenters. The van der Waals surface area contributed by atoms with E-state index in [0.29, 0.717) is 25.7 Å². The van der Waals surface area contributed by atoms with E-state index < -0.39 is 16.7 Å². The highest BCUT2D eigenvalue weighted by atomic mass is 33.1. The van der Waals surface area contributed by atoms with Gasteiger partial charge < -0.3 is 10.2 Å². The zero-order chi connectivity index (χ0) is 11.3. The Kier molecular flexibility index (Phi) is 4.79. The van der Waals surface area contributed by atoms with Crippen LogP contribution in [0.1, 0.15) is 32.1 Å². The molecule has 0 aliphatic carbocycles. The minimum absolute atomic E-state index is 0.132.